The number of carbonyl (C=O) groups is 1. The van der Waals surface area contributed by atoms with Crippen molar-refractivity contribution < 1.29 is 4.79 Å². The van der Waals surface area contributed by atoms with Crippen molar-refractivity contribution in [1.29, 1.82) is 0 Å². The Morgan fingerprint density at radius 3 is 2.47 bits per heavy atom. The van der Waals surface area contributed by atoms with Gasteiger partial charge in [-0.3, -0.25) is 4.79 Å². The van der Waals surface area contributed by atoms with Gasteiger partial charge in [0.05, 0.1) is 16.2 Å². The molecule has 2 aromatic rings. The van der Waals surface area contributed by atoms with Crippen LogP contribution in [-0.4, -0.2) is 49.0 Å². The SMILES string of the molecule is CN1CCN(c2ccc3c(NC(=O)CC4CCCCC4)c(Cl)ccc3n2)CC1.Cl.Cl. The predicted octanol–water partition coefficient (Wildman–Crippen LogP) is 5.39. The van der Waals surface area contributed by atoms with Crippen LogP contribution in [0.4, 0.5) is 11.5 Å². The monoisotopic (exact) mass is 472 g/mol. The summed E-state index contributed by atoms with van der Waals surface area (Å²) in [5, 5.41) is 4.55. The van der Waals surface area contributed by atoms with E-state index in [1.165, 1.54) is 19.3 Å². The van der Waals surface area contributed by atoms with Crippen molar-refractivity contribution in [2.75, 3.05) is 43.4 Å². The van der Waals surface area contributed by atoms with Crippen molar-refractivity contribution in [3.8, 4) is 0 Å². The van der Waals surface area contributed by atoms with Crippen LogP contribution in [0.15, 0.2) is 24.3 Å². The molecule has 4 rings (SSSR count). The number of nitrogens with one attached hydrogen (secondary N) is 1. The Balaban J connectivity index is 0.00000160. The molecule has 8 heteroatoms. The van der Waals surface area contributed by atoms with Crippen LogP contribution >= 0.6 is 36.4 Å². The molecule has 1 amide bonds. The van der Waals surface area contributed by atoms with E-state index in [4.69, 9.17) is 16.6 Å². The lowest BCUT2D eigenvalue weighted by molar-refractivity contribution is -0.117. The highest BCUT2D eigenvalue weighted by atomic mass is 35.5. The molecule has 166 valence electrons. The average molecular weight is 474 g/mol. The first-order valence-electron chi connectivity index (χ1n) is 10.4. The first kappa shape index (κ1) is 25.0. The Bertz CT molecular complexity index is 850. The predicted molar refractivity (Wildman–Crippen MR) is 131 cm³/mol. The molecule has 30 heavy (non-hydrogen) atoms. The normalized spacial score (nSPS) is 17.9. The second kappa shape index (κ2) is 11.4. The number of piperazine rings is 1. The number of nitrogens with zero attached hydrogens (tertiary/aromatic N) is 3. The van der Waals surface area contributed by atoms with E-state index in [2.05, 4.69) is 22.2 Å². The first-order valence-corrected chi connectivity index (χ1v) is 10.8. The third-order valence-corrected chi connectivity index (χ3v) is 6.41. The highest BCUT2D eigenvalue weighted by molar-refractivity contribution is 6.35. The van der Waals surface area contributed by atoms with Crippen molar-refractivity contribution in [3.63, 3.8) is 0 Å². The lowest BCUT2D eigenvalue weighted by atomic mass is 9.87. The summed E-state index contributed by atoms with van der Waals surface area (Å²) in [7, 11) is 2.15. The Morgan fingerprint density at radius 2 is 1.77 bits per heavy atom. The van der Waals surface area contributed by atoms with Gasteiger partial charge in [0.15, 0.2) is 0 Å². The van der Waals surface area contributed by atoms with E-state index >= 15 is 0 Å². The minimum absolute atomic E-state index is 0. The number of fused-ring (bicyclic) bond motifs is 1. The smallest absolute Gasteiger partial charge is 0.224 e. The number of halogens is 3. The molecule has 1 aliphatic heterocycles. The third kappa shape index (κ3) is 5.91. The maximum absolute atomic E-state index is 12.6. The molecule has 5 nitrogen and oxygen atoms in total. The molecule has 0 atom stereocenters. The summed E-state index contributed by atoms with van der Waals surface area (Å²) in [6.45, 7) is 4.05. The molecule has 1 aliphatic carbocycles. The van der Waals surface area contributed by atoms with E-state index in [1.54, 1.807) is 0 Å². The minimum atomic E-state index is 0. The number of hydrogen-bond donors (Lipinski definition) is 1. The van der Waals surface area contributed by atoms with E-state index in [1.807, 2.05) is 24.3 Å². The number of hydrogen-bond acceptors (Lipinski definition) is 4. The Hall–Kier alpha value is -1.27. The summed E-state index contributed by atoms with van der Waals surface area (Å²) in [5.41, 5.74) is 1.56. The number of likely N-dealkylation sites (N-methyl/N-ethyl adjacent to an activating group) is 1. The molecule has 2 aliphatic rings. The van der Waals surface area contributed by atoms with Gasteiger partial charge >= 0.3 is 0 Å². The standard InChI is InChI=1S/C22H29ClN4O.2ClH/c1-26-11-13-27(14-12-26)20-10-7-17-19(24-20)9-8-18(23)22(17)25-21(28)15-16-5-3-2-4-6-16;;/h7-10,16H,2-6,11-15H2,1H3,(H,25,28);2*1H. The van der Waals surface area contributed by atoms with E-state index in [0.29, 0.717) is 23.0 Å². The fourth-order valence-electron chi connectivity index (χ4n) is 4.35. The van der Waals surface area contributed by atoms with Crippen molar-refractivity contribution in [1.82, 2.24) is 9.88 Å². The van der Waals surface area contributed by atoms with Crippen molar-refractivity contribution in [2.45, 2.75) is 38.5 Å². The van der Waals surface area contributed by atoms with Gasteiger partial charge in [0.25, 0.3) is 0 Å². The van der Waals surface area contributed by atoms with Gasteiger partial charge in [-0.05, 0) is 50.1 Å². The van der Waals surface area contributed by atoms with Crippen LogP contribution in [0.2, 0.25) is 5.02 Å². The summed E-state index contributed by atoms with van der Waals surface area (Å²) in [4.78, 5) is 22.1. The van der Waals surface area contributed by atoms with E-state index in [9.17, 15) is 4.79 Å². The quantitative estimate of drug-likeness (QED) is 0.646. The van der Waals surface area contributed by atoms with Crippen molar-refractivity contribution >= 4 is 64.7 Å². The molecule has 2 heterocycles. The van der Waals surface area contributed by atoms with E-state index in [0.717, 1.165) is 55.7 Å². The summed E-state index contributed by atoms with van der Waals surface area (Å²) >= 11 is 6.44. The molecular formula is C22H31Cl3N4O. The van der Waals surface area contributed by atoms with Gasteiger partial charge in [-0.25, -0.2) is 4.98 Å². The number of amides is 1. The molecule has 1 aromatic carbocycles. The molecule has 1 saturated heterocycles. The Kier molecular flexibility index (Phi) is 9.48. The fraction of sp³-hybridized carbons (Fsp3) is 0.545. The Morgan fingerprint density at radius 1 is 1.07 bits per heavy atom. The number of anilines is 2. The third-order valence-electron chi connectivity index (χ3n) is 6.10. The largest absolute Gasteiger partial charge is 0.354 e. The summed E-state index contributed by atoms with van der Waals surface area (Å²) in [6.07, 6.45) is 6.69. The molecule has 1 aromatic heterocycles. The maximum atomic E-state index is 12.6. The van der Waals surface area contributed by atoms with Gasteiger partial charge in [-0.15, -0.1) is 24.8 Å². The van der Waals surface area contributed by atoms with Crippen LogP contribution in [-0.2, 0) is 4.79 Å². The molecule has 1 saturated carbocycles. The zero-order valence-electron chi connectivity index (χ0n) is 17.4. The van der Waals surface area contributed by atoms with Crippen LogP contribution in [0, 0.1) is 5.92 Å². The van der Waals surface area contributed by atoms with E-state index in [-0.39, 0.29) is 30.7 Å². The number of benzene rings is 1. The molecule has 0 unspecified atom stereocenters. The number of aromatic nitrogens is 1. The summed E-state index contributed by atoms with van der Waals surface area (Å²) in [6, 6.07) is 7.85. The number of carbonyl (C=O) groups excluding carboxylic acids is 1. The van der Waals surface area contributed by atoms with Gasteiger partial charge in [0, 0.05) is 38.0 Å². The summed E-state index contributed by atoms with van der Waals surface area (Å²) < 4.78 is 0. The second-order valence-corrected chi connectivity index (χ2v) is 8.61. The average Bonchev–Trinajstić information content (AvgIpc) is 2.71. The highest BCUT2D eigenvalue weighted by Gasteiger charge is 2.20. The van der Waals surface area contributed by atoms with Crippen LogP contribution in [0.25, 0.3) is 10.9 Å². The topological polar surface area (TPSA) is 48.5 Å². The molecule has 0 radical (unpaired) electrons. The number of pyridine rings is 1. The highest BCUT2D eigenvalue weighted by Crippen LogP contribution is 2.33. The molecular weight excluding hydrogens is 443 g/mol. The second-order valence-electron chi connectivity index (χ2n) is 8.21. The molecule has 1 N–H and O–H groups in total. The first-order chi connectivity index (χ1) is 13.6. The lowest BCUT2D eigenvalue weighted by Crippen LogP contribution is -2.44. The van der Waals surface area contributed by atoms with Gasteiger partial charge in [0.1, 0.15) is 5.82 Å². The van der Waals surface area contributed by atoms with Crippen LogP contribution in [0.1, 0.15) is 38.5 Å². The van der Waals surface area contributed by atoms with Gasteiger partial charge in [0.2, 0.25) is 5.91 Å². The number of rotatable bonds is 4. The molecule has 2 fully saturated rings. The summed E-state index contributed by atoms with van der Waals surface area (Å²) in [5.74, 6) is 1.55. The van der Waals surface area contributed by atoms with Crippen molar-refractivity contribution in [3.05, 3.63) is 29.3 Å². The molecule has 0 bridgehead atoms. The minimum Gasteiger partial charge on any atom is -0.354 e. The van der Waals surface area contributed by atoms with Crippen LogP contribution in [0.3, 0.4) is 0 Å². The van der Waals surface area contributed by atoms with Gasteiger partial charge in [-0.1, -0.05) is 30.9 Å². The van der Waals surface area contributed by atoms with Crippen LogP contribution in [0.5, 0.6) is 0 Å². The van der Waals surface area contributed by atoms with Crippen LogP contribution < -0.4 is 10.2 Å². The molecule has 0 spiro atoms. The zero-order valence-corrected chi connectivity index (χ0v) is 19.8. The van der Waals surface area contributed by atoms with Gasteiger partial charge in [-0.2, -0.15) is 0 Å². The Labute approximate surface area is 196 Å². The fourth-order valence-corrected chi connectivity index (χ4v) is 4.56. The van der Waals surface area contributed by atoms with Gasteiger partial charge < -0.3 is 15.1 Å². The lowest BCUT2D eigenvalue weighted by Gasteiger charge is -2.33. The van der Waals surface area contributed by atoms with Crippen molar-refractivity contribution in [2.24, 2.45) is 5.92 Å². The maximum Gasteiger partial charge on any atom is 0.224 e. The van der Waals surface area contributed by atoms with E-state index < -0.39 is 0 Å². The zero-order chi connectivity index (χ0) is 19.5.